The maximum absolute atomic E-state index is 9.47. The first kappa shape index (κ1) is 12.9. The van der Waals surface area contributed by atoms with Gasteiger partial charge in [-0.25, -0.2) is 4.98 Å². The Morgan fingerprint density at radius 1 is 1.28 bits per heavy atom. The van der Waals surface area contributed by atoms with E-state index in [2.05, 4.69) is 33.2 Å². The molecular formula is C14H15BrN2O. The molecule has 4 heteroatoms. The van der Waals surface area contributed by atoms with Crippen molar-refractivity contribution in [3.8, 4) is 5.75 Å². The molecule has 3 nitrogen and oxygen atoms in total. The van der Waals surface area contributed by atoms with Gasteiger partial charge in [-0.05, 0) is 59.6 Å². The van der Waals surface area contributed by atoms with E-state index in [1.54, 1.807) is 12.1 Å². The van der Waals surface area contributed by atoms with Gasteiger partial charge in [-0.2, -0.15) is 0 Å². The molecule has 1 heterocycles. The number of nitrogens with zero attached hydrogens (tertiary/aromatic N) is 1. The summed E-state index contributed by atoms with van der Waals surface area (Å²) in [6, 6.07) is 11.3. The molecule has 94 valence electrons. The highest BCUT2D eigenvalue weighted by Gasteiger charge is 2.08. The lowest BCUT2D eigenvalue weighted by atomic mass is 10.1. The summed E-state index contributed by atoms with van der Waals surface area (Å²) in [5, 5.41) is 12.9. The Bertz CT molecular complexity index is 557. The number of rotatable bonds is 3. The summed E-state index contributed by atoms with van der Waals surface area (Å²) in [5.74, 6) is 0.284. The van der Waals surface area contributed by atoms with E-state index >= 15 is 0 Å². The van der Waals surface area contributed by atoms with Crippen LogP contribution < -0.4 is 5.32 Å². The fraction of sp³-hybridized carbons (Fsp3) is 0.214. The molecule has 1 aromatic carbocycles. The molecule has 1 aromatic heterocycles. The quantitative estimate of drug-likeness (QED) is 0.842. The van der Waals surface area contributed by atoms with Gasteiger partial charge in [0.25, 0.3) is 0 Å². The van der Waals surface area contributed by atoms with Crippen molar-refractivity contribution in [2.24, 2.45) is 0 Å². The molecule has 0 amide bonds. The molecule has 0 saturated heterocycles. The lowest BCUT2D eigenvalue weighted by Crippen LogP contribution is -2.08. The van der Waals surface area contributed by atoms with E-state index < -0.39 is 0 Å². The molecule has 2 N–H and O–H groups in total. The van der Waals surface area contributed by atoms with Gasteiger partial charge in [0.05, 0.1) is 11.4 Å². The van der Waals surface area contributed by atoms with Crippen molar-refractivity contribution < 1.29 is 5.11 Å². The lowest BCUT2D eigenvalue weighted by molar-refractivity contribution is 0.474. The first-order valence-electron chi connectivity index (χ1n) is 5.75. The number of anilines is 1. The van der Waals surface area contributed by atoms with Crippen LogP contribution in [0.4, 0.5) is 5.69 Å². The maximum Gasteiger partial charge on any atom is 0.115 e. The van der Waals surface area contributed by atoms with Gasteiger partial charge in [-0.15, -0.1) is 0 Å². The van der Waals surface area contributed by atoms with E-state index in [4.69, 9.17) is 0 Å². The molecule has 2 rings (SSSR count). The first-order valence-corrected chi connectivity index (χ1v) is 6.54. The van der Waals surface area contributed by atoms with E-state index in [1.165, 1.54) is 0 Å². The summed E-state index contributed by atoms with van der Waals surface area (Å²) in [4.78, 5) is 4.34. The number of halogens is 1. The zero-order valence-corrected chi connectivity index (χ0v) is 11.9. The molecule has 0 spiro atoms. The number of hydrogen-bond acceptors (Lipinski definition) is 3. The molecule has 0 bridgehead atoms. The Labute approximate surface area is 115 Å². The van der Waals surface area contributed by atoms with Crippen LogP contribution in [0.2, 0.25) is 0 Å². The molecular weight excluding hydrogens is 292 g/mol. The van der Waals surface area contributed by atoms with Gasteiger partial charge in [0.1, 0.15) is 10.4 Å². The summed E-state index contributed by atoms with van der Waals surface area (Å²) in [7, 11) is 0. The molecule has 0 aliphatic heterocycles. The van der Waals surface area contributed by atoms with Crippen LogP contribution in [0.25, 0.3) is 0 Å². The Balaban J connectivity index is 2.18. The second kappa shape index (κ2) is 5.40. The monoisotopic (exact) mass is 306 g/mol. The average Bonchev–Trinajstić information content (AvgIpc) is 2.32. The molecule has 1 atom stereocenters. The van der Waals surface area contributed by atoms with E-state index in [0.29, 0.717) is 0 Å². The third-order valence-electron chi connectivity index (χ3n) is 2.79. The molecule has 2 aromatic rings. The zero-order chi connectivity index (χ0) is 13.1. The summed E-state index contributed by atoms with van der Waals surface area (Å²) >= 11 is 3.34. The fourth-order valence-electron chi connectivity index (χ4n) is 1.79. The highest BCUT2D eigenvalue weighted by molar-refractivity contribution is 9.10. The number of aromatic nitrogens is 1. The standard InChI is InChI=1S/C14H15BrN2O/c1-9(11-4-3-5-12(18)8-11)16-13-6-7-14(15)17-10(13)2/h3-9,16,18H,1-2H3. The van der Waals surface area contributed by atoms with Crippen LogP contribution in [0.3, 0.4) is 0 Å². The van der Waals surface area contributed by atoms with E-state index in [9.17, 15) is 5.11 Å². The largest absolute Gasteiger partial charge is 0.508 e. The predicted molar refractivity (Wildman–Crippen MR) is 76.8 cm³/mol. The second-order valence-electron chi connectivity index (χ2n) is 4.23. The van der Waals surface area contributed by atoms with Crippen molar-refractivity contribution >= 4 is 21.6 Å². The van der Waals surface area contributed by atoms with Crippen molar-refractivity contribution in [3.05, 3.63) is 52.3 Å². The van der Waals surface area contributed by atoms with Gasteiger partial charge in [0, 0.05) is 6.04 Å². The van der Waals surface area contributed by atoms with Crippen LogP contribution >= 0.6 is 15.9 Å². The fourth-order valence-corrected chi connectivity index (χ4v) is 2.19. The number of aromatic hydroxyl groups is 1. The highest BCUT2D eigenvalue weighted by Crippen LogP contribution is 2.24. The molecule has 0 aliphatic rings. The van der Waals surface area contributed by atoms with Crippen molar-refractivity contribution in [3.63, 3.8) is 0 Å². The third-order valence-corrected chi connectivity index (χ3v) is 3.24. The summed E-state index contributed by atoms with van der Waals surface area (Å²) in [5.41, 5.74) is 2.97. The molecule has 0 saturated carbocycles. The number of phenols is 1. The van der Waals surface area contributed by atoms with E-state index in [0.717, 1.165) is 21.5 Å². The smallest absolute Gasteiger partial charge is 0.115 e. The number of hydrogen-bond donors (Lipinski definition) is 2. The molecule has 0 aliphatic carbocycles. The first-order chi connectivity index (χ1) is 8.56. The van der Waals surface area contributed by atoms with Crippen LogP contribution in [0, 0.1) is 6.92 Å². The summed E-state index contributed by atoms with van der Waals surface area (Å²) in [6.45, 7) is 4.01. The minimum Gasteiger partial charge on any atom is -0.508 e. The highest BCUT2D eigenvalue weighted by atomic mass is 79.9. The van der Waals surface area contributed by atoms with E-state index in [1.807, 2.05) is 31.2 Å². The Kier molecular flexibility index (Phi) is 3.87. The third kappa shape index (κ3) is 3.01. The van der Waals surface area contributed by atoms with Crippen LogP contribution in [-0.2, 0) is 0 Å². The van der Waals surface area contributed by atoms with Gasteiger partial charge in [-0.3, -0.25) is 0 Å². The predicted octanol–water partition coefficient (Wildman–Crippen LogP) is 4.03. The number of phenolic OH excluding ortho intramolecular Hbond substituents is 1. The SMILES string of the molecule is Cc1nc(Br)ccc1NC(C)c1cccc(O)c1. The second-order valence-corrected chi connectivity index (χ2v) is 5.04. The Morgan fingerprint density at radius 3 is 2.72 bits per heavy atom. The topological polar surface area (TPSA) is 45.2 Å². The Hall–Kier alpha value is -1.55. The van der Waals surface area contributed by atoms with Gasteiger partial charge in [0.15, 0.2) is 0 Å². The van der Waals surface area contributed by atoms with Crippen LogP contribution in [-0.4, -0.2) is 10.1 Å². The molecule has 18 heavy (non-hydrogen) atoms. The Morgan fingerprint density at radius 2 is 2.06 bits per heavy atom. The van der Waals surface area contributed by atoms with Crippen molar-refractivity contribution in [1.29, 1.82) is 0 Å². The van der Waals surface area contributed by atoms with Crippen molar-refractivity contribution in [2.75, 3.05) is 5.32 Å². The number of pyridine rings is 1. The summed E-state index contributed by atoms with van der Waals surface area (Å²) in [6.07, 6.45) is 0. The van der Waals surface area contributed by atoms with Gasteiger partial charge >= 0.3 is 0 Å². The average molecular weight is 307 g/mol. The normalized spacial score (nSPS) is 12.2. The number of aryl methyl sites for hydroxylation is 1. The van der Waals surface area contributed by atoms with Crippen LogP contribution in [0.5, 0.6) is 5.75 Å². The number of benzene rings is 1. The lowest BCUT2D eigenvalue weighted by Gasteiger charge is -2.17. The van der Waals surface area contributed by atoms with Crippen LogP contribution in [0.15, 0.2) is 41.0 Å². The maximum atomic E-state index is 9.47. The minimum atomic E-state index is 0.110. The molecule has 0 fully saturated rings. The molecule has 1 unspecified atom stereocenters. The molecule has 0 radical (unpaired) electrons. The summed E-state index contributed by atoms with van der Waals surface area (Å²) < 4.78 is 0.829. The van der Waals surface area contributed by atoms with Gasteiger partial charge in [0.2, 0.25) is 0 Å². The zero-order valence-electron chi connectivity index (χ0n) is 10.3. The van der Waals surface area contributed by atoms with Gasteiger partial charge in [-0.1, -0.05) is 12.1 Å². The number of nitrogens with one attached hydrogen (secondary N) is 1. The van der Waals surface area contributed by atoms with Gasteiger partial charge < -0.3 is 10.4 Å². The van der Waals surface area contributed by atoms with Crippen LogP contribution in [0.1, 0.15) is 24.2 Å². The van der Waals surface area contributed by atoms with Crippen molar-refractivity contribution in [2.45, 2.75) is 19.9 Å². The van der Waals surface area contributed by atoms with E-state index in [-0.39, 0.29) is 11.8 Å². The van der Waals surface area contributed by atoms with Crippen molar-refractivity contribution in [1.82, 2.24) is 4.98 Å². The minimum absolute atomic E-state index is 0.110.